The van der Waals surface area contributed by atoms with Crippen LogP contribution in [0.4, 0.5) is 4.79 Å². The number of benzene rings is 3. The van der Waals surface area contributed by atoms with Crippen molar-refractivity contribution in [1.29, 1.82) is 0 Å². The number of carbonyl (C=O) groups excluding carboxylic acids is 3. The highest BCUT2D eigenvalue weighted by molar-refractivity contribution is 8.00. The first-order valence-electron chi connectivity index (χ1n) is 12.2. The molecule has 3 aromatic rings. The van der Waals surface area contributed by atoms with Gasteiger partial charge in [0.05, 0.1) is 16.4 Å². The maximum absolute atomic E-state index is 12.8. The molecule has 0 radical (unpaired) electrons. The van der Waals surface area contributed by atoms with Crippen molar-refractivity contribution >= 4 is 29.9 Å². The standard InChI is InChI=1S/C27H24O8S.C2H6/c28-24(19-12-6-2-7-13-19)32-17-21-22(34-25(29)20-14-8-3-9-15-20)23(26(30)36-21)35-27(31)33-16-18-10-4-1-5-11-18;1-2/h1-15,21-23,26,30H,16-17H2;1-2H3. The molecule has 4 rings (SSSR count). The maximum Gasteiger partial charge on any atom is 0.509 e. The fraction of sp³-hybridized carbons (Fsp3) is 0.276. The Labute approximate surface area is 225 Å². The van der Waals surface area contributed by atoms with E-state index < -0.39 is 41.0 Å². The number of ether oxygens (including phenoxy) is 4. The van der Waals surface area contributed by atoms with Gasteiger partial charge in [-0.25, -0.2) is 14.4 Å². The zero-order chi connectivity index (χ0) is 27.3. The molecule has 0 amide bonds. The van der Waals surface area contributed by atoms with Crippen LogP contribution in [0.2, 0.25) is 0 Å². The third-order valence-corrected chi connectivity index (χ3v) is 6.66. The highest BCUT2D eigenvalue weighted by Crippen LogP contribution is 2.37. The first-order valence-corrected chi connectivity index (χ1v) is 13.1. The van der Waals surface area contributed by atoms with Crippen molar-refractivity contribution in [3.05, 3.63) is 108 Å². The number of rotatable bonds is 8. The van der Waals surface area contributed by atoms with Crippen molar-refractivity contribution < 1.29 is 38.4 Å². The van der Waals surface area contributed by atoms with Gasteiger partial charge in [0.15, 0.2) is 12.2 Å². The molecule has 4 atom stereocenters. The fourth-order valence-corrected chi connectivity index (χ4v) is 4.79. The van der Waals surface area contributed by atoms with Crippen molar-refractivity contribution in [3.8, 4) is 0 Å². The molecule has 4 unspecified atom stereocenters. The molecule has 9 heteroatoms. The van der Waals surface area contributed by atoms with Crippen LogP contribution in [-0.2, 0) is 25.6 Å². The van der Waals surface area contributed by atoms with Crippen molar-refractivity contribution in [3.63, 3.8) is 0 Å². The molecule has 0 bridgehead atoms. The van der Waals surface area contributed by atoms with E-state index in [2.05, 4.69) is 0 Å². The van der Waals surface area contributed by atoms with E-state index in [1.54, 1.807) is 72.8 Å². The van der Waals surface area contributed by atoms with E-state index in [1.165, 1.54) is 0 Å². The van der Waals surface area contributed by atoms with Crippen molar-refractivity contribution in [2.75, 3.05) is 6.61 Å². The maximum atomic E-state index is 12.8. The van der Waals surface area contributed by atoms with Crippen LogP contribution in [-0.4, -0.2) is 52.7 Å². The zero-order valence-electron chi connectivity index (χ0n) is 21.1. The summed E-state index contributed by atoms with van der Waals surface area (Å²) < 4.78 is 21.6. The minimum Gasteiger partial charge on any atom is -0.461 e. The summed E-state index contributed by atoms with van der Waals surface area (Å²) in [6, 6.07) is 25.7. The molecule has 8 nitrogen and oxygen atoms in total. The quantitative estimate of drug-likeness (QED) is 0.304. The molecule has 0 spiro atoms. The molecular formula is C29H30O8S. The number of hydrogen-bond acceptors (Lipinski definition) is 9. The largest absolute Gasteiger partial charge is 0.509 e. The first-order chi connectivity index (χ1) is 18.5. The van der Waals surface area contributed by atoms with Crippen LogP contribution in [0, 0.1) is 0 Å². The summed E-state index contributed by atoms with van der Waals surface area (Å²) in [5, 5.41) is 9.94. The predicted octanol–water partition coefficient (Wildman–Crippen LogP) is 5.25. The molecule has 3 aromatic carbocycles. The molecule has 0 aromatic heterocycles. The van der Waals surface area contributed by atoms with E-state index >= 15 is 0 Å². The first kappa shape index (κ1) is 28.7. The van der Waals surface area contributed by atoms with Gasteiger partial charge in [0.2, 0.25) is 0 Å². The molecule has 1 N–H and O–H groups in total. The topological polar surface area (TPSA) is 108 Å². The summed E-state index contributed by atoms with van der Waals surface area (Å²) in [6.07, 6.45) is -3.34. The van der Waals surface area contributed by atoms with Gasteiger partial charge in [0.25, 0.3) is 0 Å². The van der Waals surface area contributed by atoms with Gasteiger partial charge >= 0.3 is 18.1 Å². The Morgan fingerprint density at radius 1 is 0.711 bits per heavy atom. The van der Waals surface area contributed by atoms with E-state index in [4.69, 9.17) is 18.9 Å². The fourth-order valence-electron chi connectivity index (χ4n) is 3.55. The normalized spacial score (nSPS) is 19.9. The van der Waals surface area contributed by atoms with E-state index in [-0.39, 0.29) is 18.8 Å². The van der Waals surface area contributed by atoms with Crippen LogP contribution in [0.25, 0.3) is 0 Å². The average molecular weight is 539 g/mol. The van der Waals surface area contributed by atoms with Crippen LogP contribution in [0.3, 0.4) is 0 Å². The van der Waals surface area contributed by atoms with Crippen LogP contribution < -0.4 is 0 Å². The minimum atomic E-state index is -1.23. The smallest absolute Gasteiger partial charge is 0.461 e. The van der Waals surface area contributed by atoms with Gasteiger partial charge in [-0.2, -0.15) is 0 Å². The van der Waals surface area contributed by atoms with Crippen molar-refractivity contribution in [1.82, 2.24) is 0 Å². The summed E-state index contributed by atoms with van der Waals surface area (Å²) >= 11 is 0.981. The molecule has 38 heavy (non-hydrogen) atoms. The average Bonchev–Trinajstić information content (AvgIpc) is 3.26. The zero-order valence-corrected chi connectivity index (χ0v) is 21.9. The Morgan fingerprint density at radius 2 is 1.24 bits per heavy atom. The lowest BCUT2D eigenvalue weighted by molar-refractivity contribution is -0.0675. The van der Waals surface area contributed by atoms with Gasteiger partial charge in [-0.3, -0.25) is 0 Å². The third-order valence-electron chi connectivity index (χ3n) is 5.36. The molecule has 200 valence electrons. The lowest BCUT2D eigenvalue weighted by atomic mass is 10.1. The Morgan fingerprint density at radius 3 is 1.82 bits per heavy atom. The van der Waals surface area contributed by atoms with Gasteiger partial charge in [-0.1, -0.05) is 80.6 Å². The Hall–Kier alpha value is -3.82. The summed E-state index contributed by atoms with van der Waals surface area (Å²) in [5.74, 6) is -1.23. The van der Waals surface area contributed by atoms with E-state index in [1.807, 2.05) is 32.0 Å². The molecule has 1 saturated heterocycles. The van der Waals surface area contributed by atoms with Crippen LogP contribution >= 0.6 is 11.8 Å². The highest BCUT2D eigenvalue weighted by Gasteiger charge is 2.49. The summed E-state index contributed by atoms with van der Waals surface area (Å²) in [6.45, 7) is 3.79. The molecule has 0 saturated carbocycles. The monoisotopic (exact) mass is 538 g/mol. The highest BCUT2D eigenvalue weighted by atomic mass is 32.2. The predicted molar refractivity (Wildman–Crippen MR) is 143 cm³/mol. The number of esters is 2. The summed E-state index contributed by atoms with van der Waals surface area (Å²) in [7, 11) is 0. The Balaban J connectivity index is 0.00000195. The molecule has 1 aliphatic rings. The summed E-state index contributed by atoms with van der Waals surface area (Å²) in [5.41, 5.74) is 0.169. The minimum absolute atomic E-state index is 0.0256. The molecule has 0 aliphatic carbocycles. The number of hydrogen-bond donors (Lipinski definition) is 1. The van der Waals surface area contributed by atoms with Gasteiger partial charge in [0.1, 0.15) is 18.6 Å². The van der Waals surface area contributed by atoms with Crippen LogP contribution in [0.15, 0.2) is 91.0 Å². The summed E-state index contributed by atoms with van der Waals surface area (Å²) in [4.78, 5) is 37.6. The second-order valence-electron chi connectivity index (χ2n) is 7.87. The van der Waals surface area contributed by atoms with E-state index in [0.717, 1.165) is 17.3 Å². The van der Waals surface area contributed by atoms with E-state index in [9.17, 15) is 19.5 Å². The molecule has 1 aliphatic heterocycles. The Bertz CT molecular complexity index is 1160. The van der Waals surface area contributed by atoms with Gasteiger partial charge in [0, 0.05) is 0 Å². The molecule has 1 fully saturated rings. The lowest BCUT2D eigenvalue weighted by Crippen LogP contribution is -2.42. The Kier molecular flexibility index (Phi) is 11.2. The number of aliphatic hydroxyl groups excluding tert-OH is 1. The van der Waals surface area contributed by atoms with Gasteiger partial charge in [-0.05, 0) is 29.8 Å². The number of aliphatic hydroxyl groups is 1. The van der Waals surface area contributed by atoms with Crippen molar-refractivity contribution in [2.24, 2.45) is 0 Å². The van der Waals surface area contributed by atoms with Crippen molar-refractivity contribution in [2.45, 2.75) is 43.3 Å². The molecule has 1 heterocycles. The number of carbonyl (C=O) groups is 3. The van der Waals surface area contributed by atoms with Gasteiger partial charge in [-0.15, -0.1) is 11.8 Å². The molecular weight excluding hydrogens is 508 g/mol. The second-order valence-corrected chi connectivity index (χ2v) is 9.23. The van der Waals surface area contributed by atoms with E-state index in [0.29, 0.717) is 5.56 Å². The van der Waals surface area contributed by atoms with Crippen LogP contribution in [0.1, 0.15) is 40.1 Å². The number of thioether (sulfide) groups is 1. The van der Waals surface area contributed by atoms with Crippen LogP contribution in [0.5, 0.6) is 0 Å². The third kappa shape index (κ3) is 8.09. The van der Waals surface area contributed by atoms with Gasteiger partial charge < -0.3 is 24.1 Å². The SMILES string of the molecule is CC.O=C(OCc1ccccc1)OC1C(O)SC(COC(=O)c2ccccc2)C1OC(=O)c1ccccc1. The second kappa shape index (κ2) is 14.8. The lowest BCUT2D eigenvalue weighted by Gasteiger charge is -2.24.